The monoisotopic (exact) mass is 781 g/mol. The third kappa shape index (κ3) is 5.31. The molecular formula is C54H31N5O2. The zero-order valence-electron chi connectivity index (χ0n) is 32.5. The summed E-state index contributed by atoms with van der Waals surface area (Å²) < 4.78 is 14.7. The van der Waals surface area contributed by atoms with Crippen molar-refractivity contribution in [2.45, 2.75) is 0 Å². The number of hydrogen-bond acceptors (Lipinski definition) is 6. The molecule has 0 amide bonds. The van der Waals surface area contributed by atoms with Gasteiger partial charge in [0.1, 0.15) is 22.3 Å². The first-order valence-electron chi connectivity index (χ1n) is 20.3. The van der Waals surface area contributed by atoms with Crippen molar-refractivity contribution < 1.29 is 8.83 Å². The van der Waals surface area contributed by atoms with Gasteiger partial charge in [0.05, 0.1) is 11.0 Å². The number of para-hydroxylation sites is 2. The maximum atomic E-state index is 6.17. The van der Waals surface area contributed by atoms with Crippen LogP contribution in [0.5, 0.6) is 0 Å². The Balaban J connectivity index is 0.941. The van der Waals surface area contributed by atoms with E-state index in [1.165, 1.54) is 32.6 Å². The van der Waals surface area contributed by atoms with Gasteiger partial charge in [-0.05, 0) is 89.3 Å². The number of nitrogens with zero attached hydrogens (tertiary/aromatic N) is 5. The summed E-state index contributed by atoms with van der Waals surface area (Å²) in [7, 11) is 0. The van der Waals surface area contributed by atoms with Crippen LogP contribution < -0.4 is 0 Å². The smallest absolute Gasteiger partial charge is 0.164 e. The first-order valence-corrected chi connectivity index (χ1v) is 20.3. The summed E-state index contributed by atoms with van der Waals surface area (Å²) in [4.78, 5) is 19.8. The summed E-state index contributed by atoms with van der Waals surface area (Å²) in [5.74, 6) is 1.71. The van der Waals surface area contributed by atoms with Crippen molar-refractivity contribution in [3.63, 3.8) is 0 Å². The molecule has 0 N–H and O–H groups in total. The molecule has 0 saturated carbocycles. The molecule has 7 nitrogen and oxygen atoms in total. The van der Waals surface area contributed by atoms with Gasteiger partial charge in [-0.15, -0.1) is 0 Å². The zero-order chi connectivity index (χ0) is 40.0. The van der Waals surface area contributed by atoms with Gasteiger partial charge in [-0.2, -0.15) is 0 Å². The lowest BCUT2D eigenvalue weighted by molar-refractivity contribution is 0.668. The highest BCUT2D eigenvalue weighted by Gasteiger charge is 2.18. The molecule has 61 heavy (non-hydrogen) atoms. The Morgan fingerprint density at radius 1 is 0.361 bits per heavy atom. The first-order chi connectivity index (χ1) is 30.2. The van der Waals surface area contributed by atoms with Gasteiger partial charge in [-0.25, -0.2) is 15.0 Å². The third-order valence-corrected chi connectivity index (χ3v) is 11.9. The van der Waals surface area contributed by atoms with E-state index in [2.05, 4.69) is 137 Å². The lowest BCUT2D eigenvalue weighted by Gasteiger charge is -2.12. The van der Waals surface area contributed by atoms with Gasteiger partial charge >= 0.3 is 0 Å². The standard InChI is InChI=1S/C54H31N5O2/c1-2-11-39-33(8-1)18-23-42-40-12-3-5-14-46(40)59(51(39)42)38-21-16-32(17-22-38)34-9-7-10-35(28-34)52-56-53(36-19-24-48-43(29-36)41-13-4-6-15-47(41)60-48)58-54(57-52)37-20-25-49-44(30-37)45-31-55-27-26-50(45)61-49/h1-31H. The molecule has 284 valence electrons. The molecule has 0 saturated heterocycles. The Kier molecular flexibility index (Phi) is 7.17. The molecule has 0 fully saturated rings. The molecule has 0 bridgehead atoms. The topological polar surface area (TPSA) is 82.8 Å². The van der Waals surface area contributed by atoms with Gasteiger partial charge < -0.3 is 13.4 Å². The van der Waals surface area contributed by atoms with Crippen LogP contribution in [-0.4, -0.2) is 24.5 Å². The normalized spacial score (nSPS) is 11.9. The van der Waals surface area contributed by atoms with Crippen molar-refractivity contribution in [3.8, 4) is 51.0 Å². The second-order valence-electron chi connectivity index (χ2n) is 15.5. The summed E-state index contributed by atoms with van der Waals surface area (Å²) >= 11 is 0. The molecule has 5 heterocycles. The Labute approximate surface area is 347 Å². The van der Waals surface area contributed by atoms with Crippen LogP contribution in [-0.2, 0) is 0 Å². The predicted octanol–water partition coefficient (Wildman–Crippen LogP) is 14.0. The number of hydrogen-bond donors (Lipinski definition) is 0. The molecule has 5 aromatic heterocycles. The average Bonchev–Trinajstić information content (AvgIpc) is 4.01. The third-order valence-electron chi connectivity index (χ3n) is 11.9. The van der Waals surface area contributed by atoms with Crippen LogP contribution in [0.25, 0.3) is 127 Å². The van der Waals surface area contributed by atoms with Crippen LogP contribution in [0.4, 0.5) is 0 Å². The number of fused-ring (bicyclic) bond motifs is 11. The van der Waals surface area contributed by atoms with E-state index in [9.17, 15) is 0 Å². The molecule has 0 atom stereocenters. The lowest BCUT2D eigenvalue weighted by atomic mass is 10.0. The Bertz CT molecular complexity index is 3760. The van der Waals surface area contributed by atoms with Crippen LogP contribution in [0, 0.1) is 0 Å². The Morgan fingerprint density at radius 3 is 1.72 bits per heavy atom. The molecule has 0 aliphatic rings. The second kappa shape index (κ2) is 13.0. The maximum absolute atomic E-state index is 6.17. The molecule has 7 heteroatoms. The Hall–Kier alpha value is -8.42. The minimum Gasteiger partial charge on any atom is -0.456 e. The molecule has 8 aromatic carbocycles. The number of rotatable bonds is 5. The van der Waals surface area contributed by atoms with Crippen LogP contribution in [0.3, 0.4) is 0 Å². The van der Waals surface area contributed by atoms with Crippen molar-refractivity contribution in [1.82, 2.24) is 24.5 Å². The number of furan rings is 2. The van der Waals surface area contributed by atoms with Gasteiger partial charge in [-0.1, -0.05) is 103 Å². The summed E-state index contributed by atoms with van der Waals surface area (Å²) in [5.41, 5.74) is 11.5. The minimum atomic E-state index is 0.561. The van der Waals surface area contributed by atoms with Crippen LogP contribution >= 0.6 is 0 Å². The van der Waals surface area contributed by atoms with Crippen LogP contribution in [0.1, 0.15) is 0 Å². The van der Waals surface area contributed by atoms with Crippen molar-refractivity contribution in [2.24, 2.45) is 0 Å². The van der Waals surface area contributed by atoms with E-state index in [0.29, 0.717) is 17.5 Å². The van der Waals surface area contributed by atoms with Crippen molar-refractivity contribution in [1.29, 1.82) is 0 Å². The summed E-state index contributed by atoms with van der Waals surface area (Å²) in [6.07, 6.45) is 3.58. The van der Waals surface area contributed by atoms with Crippen molar-refractivity contribution in [2.75, 3.05) is 0 Å². The van der Waals surface area contributed by atoms with Gasteiger partial charge in [-0.3, -0.25) is 4.98 Å². The number of aromatic nitrogens is 5. The highest BCUT2D eigenvalue weighted by Crippen LogP contribution is 2.38. The summed E-state index contributed by atoms with van der Waals surface area (Å²) in [6, 6.07) is 61.2. The molecule has 0 radical (unpaired) electrons. The molecular weight excluding hydrogens is 751 g/mol. The largest absolute Gasteiger partial charge is 0.456 e. The van der Waals surface area contributed by atoms with Crippen LogP contribution in [0.15, 0.2) is 197 Å². The van der Waals surface area contributed by atoms with E-state index >= 15 is 0 Å². The van der Waals surface area contributed by atoms with Crippen molar-refractivity contribution >= 4 is 76.5 Å². The SMILES string of the molecule is c1cc(-c2ccc(-n3c4ccccc4c4ccc5ccccc5c43)cc2)cc(-c2nc(-c3ccc4oc5ccccc5c4c3)nc(-c3ccc4oc5ccncc5c4c3)n2)c1. The molecule has 0 spiro atoms. The van der Waals surface area contributed by atoms with E-state index < -0.39 is 0 Å². The number of pyridine rings is 1. The second-order valence-corrected chi connectivity index (χ2v) is 15.5. The lowest BCUT2D eigenvalue weighted by Crippen LogP contribution is -2.00. The molecule has 13 aromatic rings. The summed E-state index contributed by atoms with van der Waals surface area (Å²) in [5, 5.41) is 8.89. The van der Waals surface area contributed by atoms with Gasteiger partial charge in [0.25, 0.3) is 0 Å². The first kappa shape index (κ1) is 33.5. The quantitative estimate of drug-likeness (QED) is 0.173. The average molecular weight is 782 g/mol. The van der Waals surface area contributed by atoms with Crippen LogP contribution in [0.2, 0.25) is 0 Å². The van der Waals surface area contributed by atoms with E-state index in [1.807, 2.05) is 54.7 Å². The number of benzene rings is 8. The molecule has 0 aliphatic carbocycles. The minimum absolute atomic E-state index is 0.561. The van der Waals surface area contributed by atoms with Gasteiger partial charge in [0.15, 0.2) is 17.5 Å². The van der Waals surface area contributed by atoms with Crippen molar-refractivity contribution in [3.05, 3.63) is 188 Å². The van der Waals surface area contributed by atoms with E-state index in [1.54, 1.807) is 6.20 Å². The van der Waals surface area contributed by atoms with Gasteiger partial charge in [0, 0.05) is 72.5 Å². The van der Waals surface area contributed by atoms with E-state index in [0.717, 1.165) is 77.4 Å². The fourth-order valence-electron chi connectivity index (χ4n) is 9.03. The predicted molar refractivity (Wildman–Crippen MR) is 246 cm³/mol. The molecule has 0 aliphatic heterocycles. The highest BCUT2D eigenvalue weighted by atomic mass is 16.3. The van der Waals surface area contributed by atoms with E-state index in [4.69, 9.17) is 23.8 Å². The highest BCUT2D eigenvalue weighted by molar-refractivity contribution is 6.18. The zero-order valence-corrected chi connectivity index (χ0v) is 32.5. The molecule has 0 unspecified atom stereocenters. The summed E-state index contributed by atoms with van der Waals surface area (Å²) in [6.45, 7) is 0. The van der Waals surface area contributed by atoms with Gasteiger partial charge in [0.2, 0.25) is 0 Å². The Morgan fingerprint density at radius 2 is 0.951 bits per heavy atom. The maximum Gasteiger partial charge on any atom is 0.164 e. The molecule has 13 rings (SSSR count). The fraction of sp³-hybridized carbons (Fsp3) is 0. The van der Waals surface area contributed by atoms with E-state index in [-0.39, 0.29) is 0 Å². The fourth-order valence-corrected chi connectivity index (χ4v) is 9.03.